The second-order valence-electron chi connectivity index (χ2n) is 30.5. The molecular formula is C119H93F3Ir3N10O5S-6. The maximum Gasteiger partial charge on any atom is 0.522 e. The van der Waals surface area contributed by atoms with Crippen LogP contribution in [0.2, 0.25) is 0 Å². The molecule has 3 N–H and O–H groups in total. The van der Waals surface area contributed by atoms with E-state index in [2.05, 4.69) is 267 Å². The molecule has 0 unspecified atom stereocenters. The van der Waals surface area contributed by atoms with Gasteiger partial charge in [0.1, 0.15) is 0 Å². The van der Waals surface area contributed by atoms with Gasteiger partial charge in [0.15, 0.2) is 0 Å². The van der Waals surface area contributed by atoms with Crippen LogP contribution in [0, 0.1) is 57.2 Å². The number of benzene rings is 13. The van der Waals surface area contributed by atoms with Gasteiger partial charge in [0, 0.05) is 150 Å². The van der Waals surface area contributed by atoms with Crippen molar-refractivity contribution in [2.45, 2.75) is 26.3 Å². The Morgan fingerprint density at radius 3 is 0.638 bits per heavy atom. The number of aliphatic hydroxyl groups excluding tert-OH is 2. The monoisotopic (exact) mass is 2410 g/mol. The normalized spacial score (nSPS) is 10.4. The second-order valence-corrected chi connectivity index (χ2v) is 31.9. The zero-order valence-electron chi connectivity index (χ0n) is 77.0. The predicted molar refractivity (Wildman–Crippen MR) is 552 cm³/mol. The van der Waals surface area contributed by atoms with E-state index in [0.29, 0.717) is 0 Å². The topological polar surface area (TPSA) is 200 Å². The van der Waals surface area contributed by atoms with E-state index < -0.39 is 15.6 Å². The molecule has 23 rings (SSSR count). The van der Waals surface area contributed by atoms with Gasteiger partial charge >= 0.3 is 15.6 Å². The van der Waals surface area contributed by atoms with Gasteiger partial charge in [-0.15, -0.1) is 215 Å². The van der Waals surface area contributed by atoms with Crippen molar-refractivity contribution in [2.24, 2.45) is 0 Å². The average molecular weight is 2410 g/mol. The second kappa shape index (κ2) is 53.2. The number of pyridine rings is 7. The summed E-state index contributed by atoms with van der Waals surface area (Å²) in [4.78, 5) is 31.1. The van der Waals surface area contributed by atoms with E-state index in [1.54, 1.807) is 24.8 Å². The summed E-state index contributed by atoms with van der Waals surface area (Å²) in [6, 6.07) is 158. The van der Waals surface area contributed by atoms with Crippen LogP contribution >= 0.6 is 0 Å². The molecule has 23 aromatic rings. The number of rotatable bonds is 10. The van der Waals surface area contributed by atoms with Crippen LogP contribution in [0.15, 0.2) is 456 Å². The molecule has 0 aliphatic rings. The van der Waals surface area contributed by atoms with Gasteiger partial charge < -0.3 is 53.8 Å². The number of nitrogens with zero attached hydrogens (tertiary/aromatic N) is 10. The minimum Gasteiger partial charge on any atom is -0.400 e. The number of halogens is 3. The Kier molecular flexibility index (Phi) is 40.1. The predicted octanol–water partition coefficient (Wildman–Crippen LogP) is 27.9. The number of aliphatic hydroxyl groups is 2. The smallest absolute Gasteiger partial charge is 0.400 e. The van der Waals surface area contributed by atoms with Crippen LogP contribution in [0.4, 0.5) is 13.2 Å². The van der Waals surface area contributed by atoms with Crippen LogP contribution in [0.1, 0.15) is 16.7 Å². The van der Waals surface area contributed by atoms with Crippen LogP contribution in [0.3, 0.4) is 0 Å². The molecule has 141 heavy (non-hydrogen) atoms. The molecule has 0 saturated heterocycles. The Morgan fingerprint density at radius 2 is 0.440 bits per heavy atom. The third-order valence-corrected chi connectivity index (χ3v) is 22.2. The summed E-state index contributed by atoms with van der Waals surface area (Å²) in [7, 11) is -3.84. The molecule has 10 aromatic heterocycles. The number of alkyl halides is 3. The van der Waals surface area contributed by atoms with E-state index in [1.165, 1.54) is 82.1 Å². The first-order chi connectivity index (χ1) is 67.6. The summed E-state index contributed by atoms with van der Waals surface area (Å²) in [5, 5.41) is 21.6. The molecule has 22 heteroatoms. The van der Waals surface area contributed by atoms with E-state index >= 15 is 0 Å². The first-order valence-corrected chi connectivity index (χ1v) is 45.3. The Morgan fingerprint density at radius 1 is 0.248 bits per heavy atom. The SMILES string of the molecule is CO.CO.Cc1cc(-c2[c-]cccc2)ncc1-n1c2ccccc2c2ccccc21.Cc1cc(-c2[c-]cccc2)ncc1-n1c2ccccc2c2ccccc21.Cc1cc(-c2ccccc2)ncc1-n1c2ccccc2c2ccccc21.O=S(=O)(O)C(F)(F)F.[Ir].[Ir].[Ir].[c-]1ccccc1-c1ccccn1.[c-]1ccccc1-c1ccccn1.[c-]1ccccc1-c1ccccn1.[c-]1ccccc1-c1ccccn1. The zero-order valence-corrected chi connectivity index (χ0v) is 85.0. The van der Waals surface area contributed by atoms with Crippen molar-refractivity contribution in [3.8, 4) is 95.9 Å². The van der Waals surface area contributed by atoms with Gasteiger partial charge in [-0.05, 0) is 138 Å². The van der Waals surface area contributed by atoms with Crippen molar-refractivity contribution < 1.29 is 96.7 Å². The first-order valence-electron chi connectivity index (χ1n) is 43.9. The number of aryl methyl sites for hydroxylation is 3. The van der Waals surface area contributed by atoms with Gasteiger partial charge in [-0.1, -0.05) is 200 Å². The van der Waals surface area contributed by atoms with Gasteiger partial charge in [0.05, 0.1) is 62.1 Å². The number of fused-ring (bicyclic) bond motifs is 9. The summed E-state index contributed by atoms with van der Waals surface area (Å²) >= 11 is 0. The summed E-state index contributed by atoms with van der Waals surface area (Å²) in [6.45, 7) is 6.45. The summed E-state index contributed by atoms with van der Waals surface area (Å²) < 4.78 is 64.5. The molecule has 0 bridgehead atoms. The van der Waals surface area contributed by atoms with E-state index in [1.807, 2.05) is 255 Å². The Balaban J connectivity index is 0.000000158. The molecule has 0 aliphatic carbocycles. The summed E-state index contributed by atoms with van der Waals surface area (Å²) in [5.74, 6) is 0. The van der Waals surface area contributed by atoms with Crippen molar-refractivity contribution >= 4 is 75.5 Å². The standard InChI is InChI=1S/C24H18N2.2C24H17N2.4C11H8N.CHF3O3S.2CH4O.3Ir/c3*1-17-15-21(18-9-3-2-4-10-18)25-16-24(17)26-22-13-7-5-11-19(22)20-12-6-8-14-23(20)26;4*1-2-6-10(7-3-1)11-8-4-5-9-12-11;2-1(3,4)8(5,6)7;2*1-2;;;/h2-16H,1H3;2*2-9,11-16H,1H3;4*1-6,8-9H;(H,5,6,7);2*2H,1H3;;;/q;6*-1;;;;;;. The Labute approximate surface area is 859 Å². The molecule has 15 nitrogen and oxygen atoms in total. The maximum absolute atomic E-state index is 10.7. The van der Waals surface area contributed by atoms with Gasteiger partial charge in [-0.25, -0.2) is 0 Å². The van der Waals surface area contributed by atoms with Gasteiger partial charge in [-0.2, -0.15) is 21.6 Å². The fourth-order valence-electron chi connectivity index (χ4n) is 15.4. The molecule has 10 heterocycles. The molecule has 0 spiro atoms. The van der Waals surface area contributed by atoms with Crippen molar-refractivity contribution in [1.29, 1.82) is 0 Å². The molecule has 0 aliphatic heterocycles. The molecule has 0 saturated carbocycles. The van der Waals surface area contributed by atoms with Crippen molar-refractivity contribution in [3.05, 3.63) is 509 Å². The van der Waals surface area contributed by atoms with Crippen LogP contribution < -0.4 is 0 Å². The Hall–Kier alpha value is -15.1. The van der Waals surface area contributed by atoms with Crippen molar-refractivity contribution in [1.82, 2.24) is 48.6 Å². The third-order valence-electron chi connectivity index (χ3n) is 21.6. The van der Waals surface area contributed by atoms with Crippen LogP contribution in [0.25, 0.3) is 161 Å². The third kappa shape index (κ3) is 27.3. The molecular weight excluding hydrogens is 2320 g/mol. The van der Waals surface area contributed by atoms with E-state index in [9.17, 15) is 13.2 Å². The summed E-state index contributed by atoms with van der Waals surface area (Å²) in [6.07, 6.45) is 13.1. The molecule has 3 radical (unpaired) electrons. The number of aromatic nitrogens is 10. The van der Waals surface area contributed by atoms with E-state index in [-0.39, 0.29) is 60.3 Å². The molecule has 0 atom stereocenters. The van der Waals surface area contributed by atoms with Crippen LogP contribution in [-0.2, 0) is 70.4 Å². The van der Waals surface area contributed by atoms with Crippen LogP contribution in [0.5, 0.6) is 0 Å². The molecule has 0 amide bonds. The van der Waals surface area contributed by atoms with Crippen molar-refractivity contribution in [3.63, 3.8) is 0 Å². The van der Waals surface area contributed by atoms with Crippen LogP contribution in [-0.4, -0.2) is 91.5 Å². The minimum absolute atomic E-state index is 0. The quantitative estimate of drug-likeness (QED) is 0.0666. The van der Waals surface area contributed by atoms with Gasteiger partial charge in [-0.3, -0.25) is 9.54 Å². The number of para-hydroxylation sites is 6. The molecule has 709 valence electrons. The molecule has 13 aromatic carbocycles. The van der Waals surface area contributed by atoms with Gasteiger partial charge in [0.2, 0.25) is 0 Å². The number of hydrogen-bond donors (Lipinski definition) is 3. The average Bonchev–Trinajstić information content (AvgIpc) is 1.61. The Bertz CT molecular complexity index is 6820. The van der Waals surface area contributed by atoms with E-state index in [0.717, 1.165) is 110 Å². The number of hydrogen-bond acceptors (Lipinski definition) is 11. The fourth-order valence-corrected chi connectivity index (χ4v) is 15.4. The van der Waals surface area contributed by atoms with Gasteiger partial charge in [0.25, 0.3) is 0 Å². The fraction of sp³-hybridized carbons (Fsp3) is 0.0504. The maximum atomic E-state index is 10.7. The summed E-state index contributed by atoms with van der Waals surface area (Å²) in [5.41, 5.74) is 22.8. The largest absolute Gasteiger partial charge is 0.522 e. The van der Waals surface area contributed by atoms with Crippen molar-refractivity contribution in [2.75, 3.05) is 14.2 Å². The molecule has 0 fully saturated rings. The zero-order chi connectivity index (χ0) is 96.4. The minimum atomic E-state index is -5.84. The van der Waals surface area contributed by atoms with E-state index in [4.69, 9.17) is 38.1 Å². The first kappa shape index (κ1) is 106.